The second-order valence-electron chi connectivity index (χ2n) is 5.58. The molecule has 8 heteroatoms. The summed E-state index contributed by atoms with van der Waals surface area (Å²) in [6.45, 7) is 2.31. The number of benzene rings is 2. The lowest BCUT2D eigenvalue weighted by atomic mass is 10.2. The van der Waals surface area contributed by atoms with Crippen LogP contribution < -0.4 is 10.1 Å². The third kappa shape index (κ3) is 5.06. The van der Waals surface area contributed by atoms with Crippen molar-refractivity contribution in [3.05, 3.63) is 62.8 Å². The largest absolute Gasteiger partial charge is 0.491 e. The van der Waals surface area contributed by atoms with Crippen molar-refractivity contribution in [2.75, 3.05) is 11.9 Å². The van der Waals surface area contributed by atoms with Crippen LogP contribution >= 0.6 is 38.9 Å². The van der Waals surface area contributed by atoms with Gasteiger partial charge in [-0.25, -0.2) is 9.37 Å². The minimum Gasteiger partial charge on any atom is -0.491 e. The highest BCUT2D eigenvalue weighted by Gasteiger charge is 2.15. The molecule has 3 aromatic rings. The first kappa shape index (κ1) is 19.8. The number of nitrogens with zero attached hydrogens (tertiary/aromatic N) is 1. The molecule has 4 nitrogen and oxygen atoms in total. The van der Waals surface area contributed by atoms with E-state index in [1.165, 1.54) is 23.5 Å². The number of nitrogens with one attached hydrogen (secondary N) is 1. The van der Waals surface area contributed by atoms with E-state index in [1.807, 2.05) is 6.92 Å². The van der Waals surface area contributed by atoms with Crippen molar-refractivity contribution in [1.82, 2.24) is 4.98 Å². The van der Waals surface area contributed by atoms with Crippen LogP contribution in [0.15, 0.2) is 46.3 Å². The van der Waals surface area contributed by atoms with E-state index in [0.29, 0.717) is 43.8 Å². The van der Waals surface area contributed by atoms with Crippen LogP contribution in [-0.2, 0) is 11.2 Å². The van der Waals surface area contributed by atoms with Gasteiger partial charge >= 0.3 is 0 Å². The second kappa shape index (κ2) is 8.82. The number of carbonyl (C=O) groups is 1. The van der Waals surface area contributed by atoms with Gasteiger partial charge in [0.05, 0.1) is 28.9 Å². The van der Waals surface area contributed by atoms with E-state index in [1.54, 1.807) is 29.6 Å². The Morgan fingerprint density at radius 3 is 2.93 bits per heavy atom. The number of carbonyl (C=O) groups excluding carboxylic acids is 1. The van der Waals surface area contributed by atoms with Crippen molar-refractivity contribution in [2.24, 2.45) is 0 Å². The molecule has 0 saturated carbocycles. The van der Waals surface area contributed by atoms with Gasteiger partial charge in [-0.2, -0.15) is 0 Å². The summed E-state index contributed by atoms with van der Waals surface area (Å²) in [6.07, 6.45) is 0.0848. The van der Waals surface area contributed by atoms with Gasteiger partial charge in [-0.15, -0.1) is 11.3 Å². The number of amides is 1. The van der Waals surface area contributed by atoms with Gasteiger partial charge in [0.2, 0.25) is 5.91 Å². The van der Waals surface area contributed by atoms with Crippen LogP contribution in [-0.4, -0.2) is 17.5 Å². The van der Waals surface area contributed by atoms with E-state index >= 15 is 0 Å². The summed E-state index contributed by atoms with van der Waals surface area (Å²) in [4.78, 5) is 16.9. The predicted octanol–water partition coefficient (Wildman–Crippen LogP) is 5.95. The summed E-state index contributed by atoms with van der Waals surface area (Å²) >= 11 is 10.8. The molecule has 0 fully saturated rings. The molecule has 1 amide bonds. The molecule has 140 valence electrons. The Labute approximate surface area is 173 Å². The Morgan fingerprint density at radius 1 is 1.37 bits per heavy atom. The number of halogens is 3. The lowest BCUT2D eigenvalue weighted by Gasteiger charge is -2.13. The van der Waals surface area contributed by atoms with Crippen LogP contribution in [0.3, 0.4) is 0 Å². The van der Waals surface area contributed by atoms with Crippen LogP contribution in [0, 0.1) is 5.82 Å². The van der Waals surface area contributed by atoms with Crippen LogP contribution in [0.4, 0.5) is 10.1 Å². The third-order valence-electron chi connectivity index (χ3n) is 3.54. The molecule has 0 aliphatic heterocycles. The topological polar surface area (TPSA) is 51.2 Å². The van der Waals surface area contributed by atoms with Gasteiger partial charge in [-0.1, -0.05) is 23.7 Å². The molecular weight excluding hydrogens is 455 g/mol. The van der Waals surface area contributed by atoms with E-state index in [4.69, 9.17) is 16.3 Å². The number of hydrogen-bond donors (Lipinski definition) is 1. The zero-order valence-corrected chi connectivity index (χ0v) is 17.4. The highest BCUT2D eigenvalue weighted by atomic mass is 79.9. The molecule has 1 N–H and O–H groups in total. The number of aromatic nitrogens is 1. The summed E-state index contributed by atoms with van der Waals surface area (Å²) in [5.74, 6) is -0.0489. The molecule has 0 atom stereocenters. The van der Waals surface area contributed by atoms with E-state index < -0.39 is 0 Å². The van der Waals surface area contributed by atoms with Gasteiger partial charge in [-0.3, -0.25) is 4.79 Å². The number of hydrogen-bond acceptors (Lipinski definition) is 4. The Morgan fingerprint density at radius 2 is 2.19 bits per heavy atom. The predicted molar refractivity (Wildman–Crippen MR) is 110 cm³/mol. The summed E-state index contributed by atoms with van der Waals surface area (Å²) in [5.41, 5.74) is 1.78. The van der Waals surface area contributed by atoms with Crippen LogP contribution in [0.2, 0.25) is 5.02 Å². The van der Waals surface area contributed by atoms with Crippen LogP contribution in [0.1, 0.15) is 12.6 Å². The van der Waals surface area contributed by atoms with Gasteiger partial charge < -0.3 is 10.1 Å². The van der Waals surface area contributed by atoms with Gasteiger partial charge in [0.25, 0.3) is 0 Å². The smallest absolute Gasteiger partial charge is 0.230 e. The zero-order valence-electron chi connectivity index (χ0n) is 14.3. The maximum absolute atomic E-state index is 13.4. The Bertz CT molecular complexity index is 980. The fraction of sp³-hybridized carbons (Fsp3) is 0.158. The second-order valence-corrected chi connectivity index (χ2v) is 7.73. The average Bonchev–Trinajstić information content (AvgIpc) is 3.06. The van der Waals surface area contributed by atoms with Gasteiger partial charge in [0, 0.05) is 16.0 Å². The number of anilines is 1. The highest BCUT2D eigenvalue weighted by molar-refractivity contribution is 9.10. The van der Waals surface area contributed by atoms with E-state index in [2.05, 4.69) is 26.2 Å². The lowest BCUT2D eigenvalue weighted by Crippen LogP contribution is -2.15. The fourth-order valence-corrected chi connectivity index (χ4v) is 4.19. The first-order valence-corrected chi connectivity index (χ1v) is 10.1. The van der Waals surface area contributed by atoms with Crippen molar-refractivity contribution in [1.29, 1.82) is 0 Å². The fourth-order valence-electron chi connectivity index (χ4n) is 2.45. The molecule has 1 heterocycles. The summed E-state index contributed by atoms with van der Waals surface area (Å²) in [5, 5.41) is 5.74. The Hall–Kier alpha value is -1.96. The normalized spacial score (nSPS) is 10.7. The first-order chi connectivity index (χ1) is 13.0. The van der Waals surface area contributed by atoms with E-state index in [0.717, 1.165) is 0 Å². The van der Waals surface area contributed by atoms with Gasteiger partial charge in [-0.05, 0) is 47.1 Å². The quantitative estimate of drug-likeness (QED) is 0.486. The zero-order chi connectivity index (χ0) is 19.4. The summed E-state index contributed by atoms with van der Waals surface area (Å²) in [7, 11) is 0. The van der Waals surface area contributed by atoms with Gasteiger partial charge in [0.1, 0.15) is 10.8 Å². The van der Waals surface area contributed by atoms with Crippen LogP contribution in [0.5, 0.6) is 5.75 Å². The first-order valence-electron chi connectivity index (χ1n) is 8.08. The molecule has 0 saturated heterocycles. The molecule has 0 spiro atoms. The molecule has 0 aliphatic rings. The molecule has 3 rings (SSSR count). The number of rotatable bonds is 6. The Balaban J connectivity index is 1.74. The highest BCUT2D eigenvalue weighted by Crippen LogP contribution is 2.36. The molecule has 27 heavy (non-hydrogen) atoms. The molecule has 2 aromatic carbocycles. The van der Waals surface area contributed by atoms with Crippen molar-refractivity contribution >= 4 is 50.5 Å². The number of thiazole rings is 1. The maximum atomic E-state index is 13.4. The SMILES string of the molecule is CCOc1c(Br)cc(Cl)cc1NC(=O)Cc1csc(-c2cccc(F)c2)n1. The van der Waals surface area contributed by atoms with Crippen molar-refractivity contribution in [2.45, 2.75) is 13.3 Å². The van der Waals surface area contributed by atoms with Crippen LogP contribution in [0.25, 0.3) is 10.6 Å². The van der Waals surface area contributed by atoms with E-state index in [-0.39, 0.29) is 18.1 Å². The third-order valence-corrected chi connectivity index (χ3v) is 5.28. The van der Waals surface area contributed by atoms with Gasteiger partial charge in [0.15, 0.2) is 5.75 Å². The van der Waals surface area contributed by atoms with Crippen molar-refractivity contribution < 1.29 is 13.9 Å². The summed E-state index contributed by atoms with van der Waals surface area (Å²) < 4.78 is 19.6. The average molecular weight is 470 g/mol. The van der Waals surface area contributed by atoms with Crippen molar-refractivity contribution in [3.8, 4) is 16.3 Å². The number of ether oxygens (including phenoxy) is 1. The lowest BCUT2D eigenvalue weighted by molar-refractivity contribution is -0.115. The molecule has 0 unspecified atom stereocenters. The van der Waals surface area contributed by atoms with Crippen molar-refractivity contribution in [3.63, 3.8) is 0 Å². The maximum Gasteiger partial charge on any atom is 0.230 e. The molecular formula is C19H15BrClFN2O2S. The summed E-state index contributed by atoms with van der Waals surface area (Å²) in [6, 6.07) is 9.54. The molecule has 0 bridgehead atoms. The Kier molecular flexibility index (Phi) is 6.46. The molecule has 1 aromatic heterocycles. The molecule has 0 radical (unpaired) electrons. The van der Waals surface area contributed by atoms with E-state index in [9.17, 15) is 9.18 Å². The standard InChI is InChI=1S/C19H15BrClFN2O2S/c1-2-26-18-15(20)7-12(21)8-16(18)24-17(25)9-14-10-27-19(23-14)11-4-3-5-13(22)6-11/h3-8,10H,2,9H2,1H3,(H,24,25). The monoisotopic (exact) mass is 468 g/mol. The minimum absolute atomic E-state index is 0.0848. The molecule has 0 aliphatic carbocycles. The minimum atomic E-state index is -0.322.